The van der Waals surface area contributed by atoms with Gasteiger partial charge >= 0.3 is 0 Å². The highest BCUT2D eigenvalue weighted by molar-refractivity contribution is 7.14. The molecule has 124 valence electrons. The van der Waals surface area contributed by atoms with Gasteiger partial charge in [-0.05, 0) is 36.2 Å². The van der Waals surface area contributed by atoms with Crippen LogP contribution >= 0.6 is 11.3 Å². The first-order chi connectivity index (χ1) is 11.7. The molecule has 2 heterocycles. The summed E-state index contributed by atoms with van der Waals surface area (Å²) < 4.78 is 7.07. The third kappa shape index (κ3) is 4.23. The minimum atomic E-state index is 0.0196. The Morgan fingerprint density at radius 2 is 2.00 bits per heavy atom. The van der Waals surface area contributed by atoms with Gasteiger partial charge in [0.1, 0.15) is 5.75 Å². The Bertz CT molecular complexity index is 779. The number of hydrogen-bond donors (Lipinski definition) is 1. The van der Waals surface area contributed by atoms with Gasteiger partial charge in [-0.2, -0.15) is 0 Å². The fraction of sp³-hybridized carbons (Fsp3) is 0.222. The summed E-state index contributed by atoms with van der Waals surface area (Å²) in [6.45, 7) is 0.619. The van der Waals surface area contributed by atoms with E-state index in [0.717, 1.165) is 22.2 Å². The Morgan fingerprint density at radius 3 is 2.71 bits per heavy atom. The van der Waals surface area contributed by atoms with E-state index < -0.39 is 0 Å². The van der Waals surface area contributed by atoms with E-state index in [1.165, 1.54) is 16.9 Å². The number of carbonyl (C=O) groups is 1. The van der Waals surface area contributed by atoms with Crippen molar-refractivity contribution >= 4 is 17.2 Å². The number of ether oxygens (including phenoxy) is 1. The molecular weight excluding hydrogens is 322 g/mol. The molecule has 0 aliphatic carbocycles. The molecule has 5 nitrogen and oxygen atoms in total. The molecule has 3 rings (SSSR count). The second-order valence-electron chi connectivity index (χ2n) is 5.32. The van der Waals surface area contributed by atoms with Gasteiger partial charge in [-0.15, -0.1) is 11.3 Å². The van der Waals surface area contributed by atoms with Gasteiger partial charge in [-0.1, -0.05) is 12.1 Å². The monoisotopic (exact) mass is 341 g/mol. The van der Waals surface area contributed by atoms with Crippen LogP contribution in [0.5, 0.6) is 5.75 Å². The molecule has 1 amide bonds. The van der Waals surface area contributed by atoms with Gasteiger partial charge < -0.3 is 14.6 Å². The van der Waals surface area contributed by atoms with Crippen LogP contribution in [0.25, 0.3) is 5.13 Å². The lowest BCUT2D eigenvalue weighted by Crippen LogP contribution is -2.26. The van der Waals surface area contributed by atoms with E-state index in [2.05, 4.69) is 10.3 Å². The molecule has 6 heteroatoms. The van der Waals surface area contributed by atoms with E-state index in [1.54, 1.807) is 13.3 Å². The van der Waals surface area contributed by atoms with E-state index in [0.29, 0.717) is 13.0 Å². The summed E-state index contributed by atoms with van der Waals surface area (Å²) in [7, 11) is 1.65. The Balaban J connectivity index is 1.45. The van der Waals surface area contributed by atoms with Crippen molar-refractivity contribution in [3.63, 3.8) is 0 Å². The topological polar surface area (TPSA) is 56.1 Å². The summed E-state index contributed by atoms with van der Waals surface area (Å²) >= 11 is 1.53. The van der Waals surface area contributed by atoms with Crippen LogP contribution in [0.3, 0.4) is 0 Å². The number of hydrogen-bond acceptors (Lipinski definition) is 4. The van der Waals surface area contributed by atoms with E-state index >= 15 is 0 Å². The average molecular weight is 341 g/mol. The van der Waals surface area contributed by atoms with Crippen molar-refractivity contribution in [2.24, 2.45) is 0 Å². The molecule has 24 heavy (non-hydrogen) atoms. The van der Waals surface area contributed by atoms with Crippen LogP contribution in [0.1, 0.15) is 10.4 Å². The summed E-state index contributed by atoms with van der Waals surface area (Å²) in [5.41, 5.74) is 1.17. The molecule has 1 N–H and O–H groups in total. The van der Waals surface area contributed by atoms with Gasteiger partial charge in [0.2, 0.25) is 5.91 Å². The molecule has 0 saturated carbocycles. The van der Waals surface area contributed by atoms with Gasteiger partial charge in [-0.3, -0.25) is 4.79 Å². The maximum absolute atomic E-state index is 12.0. The largest absolute Gasteiger partial charge is 0.497 e. The second kappa shape index (κ2) is 7.79. The van der Waals surface area contributed by atoms with Gasteiger partial charge in [0.15, 0.2) is 5.13 Å². The molecule has 0 unspecified atom stereocenters. The van der Waals surface area contributed by atoms with Crippen LogP contribution in [0.15, 0.2) is 55.0 Å². The fourth-order valence-corrected chi connectivity index (χ4v) is 3.20. The Morgan fingerprint density at radius 1 is 1.25 bits per heavy atom. The molecule has 2 aromatic heterocycles. The lowest BCUT2D eigenvalue weighted by molar-refractivity contribution is -0.120. The summed E-state index contributed by atoms with van der Waals surface area (Å²) in [6, 6.07) is 11.8. The highest BCUT2D eigenvalue weighted by Crippen LogP contribution is 2.17. The SMILES string of the molecule is COc1ccc(CCNC(=O)Cc2cnc(-n3cccc3)s2)cc1. The molecule has 0 bridgehead atoms. The number of benzene rings is 1. The Labute approximate surface area is 144 Å². The predicted octanol–water partition coefficient (Wildman–Crippen LogP) is 2.84. The molecule has 0 atom stereocenters. The Hall–Kier alpha value is -2.60. The zero-order valence-electron chi connectivity index (χ0n) is 13.4. The van der Waals surface area contributed by atoms with Gasteiger partial charge in [0.05, 0.1) is 13.5 Å². The molecule has 0 saturated heterocycles. The van der Waals surface area contributed by atoms with Crippen molar-refractivity contribution in [3.8, 4) is 10.9 Å². The van der Waals surface area contributed by atoms with Crippen molar-refractivity contribution in [1.29, 1.82) is 0 Å². The zero-order valence-corrected chi connectivity index (χ0v) is 14.3. The van der Waals surface area contributed by atoms with E-state index in [1.807, 2.05) is 53.4 Å². The van der Waals surface area contributed by atoms with Crippen molar-refractivity contribution in [3.05, 3.63) is 65.4 Å². The average Bonchev–Trinajstić information content (AvgIpc) is 3.27. The molecule has 0 aliphatic rings. The number of rotatable bonds is 7. The normalized spacial score (nSPS) is 10.5. The van der Waals surface area contributed by atoms with Gasteiger partial charge in [0.25, 0.3) is 0 Å². The lowest BCUT2D eigenvalue weighted by atomic mass is 10.1. The predicted molar refractivity (Wildman–Crippen MR) is 94.9 cm³/mol. The number of nitrogens with zero attached hydrogens (tertiary/aromatic N) is 2. The molecule has 3 aromatic rings. The molecule has 0 aliphatic heterocycles. The van der Waals surface area contributed by atoms with Gasteiger partial charge in [0, 0.05) is 30.0 Å². The number of carbonyl (C=O) groups excluding carboxylic acids is 1. The maximum atomic E-state index is 12.0. The van der Waals surface area contributed by atoms with Crippen LogP contribution in [0.4, 0.5) is 0 Å². The van der Waals surface area contributed by atoms with Crippen LogP contribution < -0.4 is 10.1 Å². The molecule has 1 aromatic carbocycles. The van der Waals surface area contributed by atoms with Crippen molar-refractivity contribution in [2.45, 2.75) is 12.8 Å². The number of amides is 1. The number of nitrogens with one attached hydrogen (secondary N) is 1. The number of aromatic nitrogens is 2. The fourth-order valence-electron chi connectivity index (χ4n) is 2.32. The van der Waals surface area contributed by atoms with Gasteiger partial charge in [-0.25, -0.2) is 4.98 Å². The third-order valence-corrected chi connectivity index (χ3v) is 4.61. The standard InChI is InChI=1S/C18H19N3O2S/c1-23-15-6-4-14(5-7-15)8-9-19-17(22)12-16-13-20-18(24-16)21-10-2-3-11-21/h2-7,10-11,13H,8-9,12H2,1H3,(H,19,22). The Kier molecular flexibility index (Phi) is 5.28. The molecule has 0 radical (unpaired) electrons. The summed E-state index contributed by atoms with van der Waals surface area (Å²) in [4.78, 5) is 17.3. The summed E-state index contributed by atoms with van der Waals surface area (Å²) in [6.07, 6.45) is 6.81. The number of methoxy groups -OCH3 is 1. The van der Waals surface area contributed by atoms with Crippen molar-refractivity contribution < 1.29 is 9.53 Å². The first-order valence-corrected chi connectivity index (χ1v) is 8.54. The van der Waals surface area contributed by atoms with Crippen molar-refractivity contribution in [2.75, 3.05) is 13.7 Å². The van der Waals surface area contributed by atoms with E-state index in [-0.39, 0.29) is 5.91 Å². The van der Waals surface area contributed by atoms with Crippen LogP contribution in [0, 0.1) is 0 Å². The maximum Gasteiger partial charge on any atom is 0.225 e. The quantitative estimate of drug-likeness (QED) is 0.719. The highest BCUT2D eigenvalue weighted by Gasteiger charge is 2.08. The minimum Gasteiger partial charge on any atom is -0.497 e. The third-order valence-electron chi connectivity index (χ3n) is 3.60. The van der Waals surface area contributed by atoms with Crippen LogP contribution in [0.2, 0.25) is 0 Å². The van der Waals surface area contributed by atoms with E-state index in [4.69, 9.17) is 4.74 Å². The minimum absolute atomic E-state index is 0.0196. The second-order valence-corrected chi connectivity index (χ2v) is 6.42. The van der Waals surface area contributed by atoms with Crippen molar-refractivity contribution in [1.82, 2.24) is 14.9 Å². The first kappa shape index (κ1) is 16.3. The van der Waals surface area contributed by atoms with E-state index in [9.17, 15) is 4.79 Å². The highest BCUT2D eigenvalue weighted by atomic mass is 32.1. The smallest absolute Gasteiger partial charge is 0.225 e. The molecule has 0 spiro atoms. The number of thiazole rings is 1. The zero-order chi connectivity index (χ0) is 16.8. The van der Waals surface area contributed by atoms with Crippen LogP contribution in [-0.4, -0.2) is 29.1 Å². The summed E-state index contributed by atoms with van der Waals surface area (Å²) in [5.74, 6) is 0.859. The lowest BCUT2D eigenvalue weighted by Gasteiger charge is -2.05. The first-order valence-electron chi connectivity index (χ1n) is 7.72. The van der Waals surface area contributed by atoms with Crippen LogP contribution in [-0.2, 0) is 17.6 Å². The molecule has 0 fully saturated rings. The molecular formula is C18H19N3O2S. The summed E-state index contributed by atoms with van der Waals surface area (Å²) in [5, 5.41) is 3.83.